The number of ether oxygens (including phenoxy) is 3. The molecule has 9 nitrogen and oxygen atoms in total. The van der Waals surface area contributed by atoms with E-state index in [9.17, 15) is 18.0 Å². The van der Waals surface area contributed by atoms with Crippen molar-refractivity contribution in [2.24, 2.45) is 0 Å². The van der Waals surface area contributed by atoms with Crippen LogP contribution in [0.2, 0.25) is 0 Å². The van der Waals surface area contributed by atoms with Gasteiger partial charge in [-0.05, 0) is 63.1 Å². The summed E-state index contributed by atoms with van der Waals surface area (Å²) in [4.78, 5) is 26.8. The van der Waals surface area contributed by atoms with E-state index in [1.807, 2.05) is 11.8 Å². The Kier molecular flexibility index (Phi) is 9.18. The second-order valence-corrected chi connectivity index (χ2v) is 12.0. The lowest BCUT2D eigenvalue weighted by Crippen LogP contribution is -2.60. The van der Waals surface area contributed by atoms with Crippen molar-refractivity contribution in [2.75, 3.05) is 51.3 Å². The average Bonchev–Trinajstić information content (AvgIpc) is 3.03. The van der Waals surface area contributed by atoms with Gasteiger partial charge in [0, 0.05) is 50.4 Å². The van der Waals surface area contributed by atoms with Crippen LogP contribution in [0.25, 0.3) is 0 Å². The highest BCUT2D eigenvalue weighted by Crippen LogP contribution is 2.35. The summed E-state index contributed by atoms with van der Waals surface area (Å²) < 4.78 is 56.7. The average molecular weight is 604 g/mol. The molecular weight excluding hydrogens is 563 g/mol. The number of piperidine rings is 1. The fourth-order valence-electron chi connectivity index (χ4n) is 6.95. The van der Waals surface area contributed by atoms with Gasteiger partial charge in [-0.25, -0.2) is 9.97 Å². The maximum absolute atomic E-state index is 13.5. The first-order valence-electron chi connectivity index (χ1n) is 15.4. The number of anilines is 1. The Labute approximate surface area is 250 Å². The van der Waals surface area contributed by atoms with E-state index in [0.29, 0.717) is 55.4 Å². The number of benzene rings is 1. The maximum atomic E-state index is 13.5. The minimum atomic E-state index is -4.36. The largest absolute Gasteiger partial charge is 0.416 e. The number of halogens is 3. The first-order valence-corrected chi connectivity index (χ1v) is 15.4. The summed E-state index contributed by atoms with van der Waals surface area (Å²) in [5.74, 6) is 0.510. The molecule has 12 heteroatoms. The van der Waals surface area contributed by atoms with E-state index in [4.69, 9.17) is 14.2 Å². The summed E-state index contributed by atoms with van der Waals surface area (Å²) in [6.45, 7) is 6.78. The molecule has 4 aliphatic rings. The summed E-state index contributed by atoms with van der Waals surface area (Å²) in [5, 5.41) is 3.33. The molecule has 43 heavy (non-hydrogen) atoms. The van der Waals surface area contributed by atoms with Crippen molar-refractivity contribution in [3.63, 3.8) is 0 Å². The maximum Gasteiger partial charge on any atom is 0.416 e. The molecule has 0 unspecified atom stereocenters. The number of morpholine rings is 1. The zero-order chi connectivity index (χ0) is 30.0. The highest BCUT2D eigenvalue weighted by Gasteiger charge is 2.40. The number of fused-ring (bicyclic) bond motifs is 1. The lowest BCUT2D eigenvalue weighted by Gasteiger charge is -2.49. The fourth-order valence-corrected chi connectivity index (χ4v) is 6.95. The molecular formula is C31H40F3N5O4. The number of hydrogen-bond donors (Lipinski definition) is 1. The number of hydrogen-bond acceptors (Lipinski definition) is 8. The first-order chi connectivity index (χ1) is 20.8. The second kappa shape index (κ2) is 13.1. The molecule has 6 rings (SSSR count). The zero-order valence-corrected chi connectivity index (χ0v) is 24.5. The number of alkyl halides is 3. The van der Waals surface area contributed by atoms with E-state index >= 15 is 0 Å². The number of carbonyl (C=O) groups is 1. The van der Waals surface area contributed by atoms with Crippen LogP contribution in [0.5, 0.6) is 0 Å². The second-order valence-electron chi connectivity index (χ2n) is 12.0. The van der Waals surface area contributed by atoms with Crippen LogP contribution < -0.4 is 5.32 Å². The number of nitrogens with zero attached hydrogens (tertiary/aromatic N) is 4. The van der Waals surface area contributed by atoms with E-state index in [2.05, 4.69) is 20.2 Å². The standard InChI is InChI=1S/C31H40F3N5O4/c1-20-28(30(40)38-12-9-23(10-13-38)39-14-16-42-27-18-41-15-11-25(27)39)36-19-37-29(20)35-17-24-3-2-4-26(43-24)21-5-7-22(8-6-21)31(32,33)34/h5-8,19,23-27H,2-4,9-18H2,1H3,(H,35,36,37)/t24-,25-,26+,27+/m1/s1. The van der Waals surface area contributed by atoms with Gasteiger partial charge < -0.3 is 24.4 Å². The van der Waals surface area contributed by atoms with Crippen LogP contribution >= 0.6 is 0 Å². The van der Waals surface area contributed by atoms with Gasteiger partial charge in [-0.1, -0.05) is 12.1 Å². The zero-order valence-electron chi connectivity index (χ0n) is 24.5. The molecule has 0 bridgehead atoms. The fraction of sp³-hybridized carbons (Fsp3) is 0.645. The van der Waals surface area contributed by atoms with Crippen molar-refractivity contribution >= 4 is 11.7 Å². The molecule has 0 aliphatic carbocycles. The molecule has 0 saturated carbocycles. The van der Waals surface area contributed by atoms with E-state index in [1.165, 1.54) is 18.5 Å². The van der Waals surface area contributed by atoms with Crippen molar-refractivity contribution in [3.05, 3.63) is 53.0 Å². The van der Waals surface area contributed by atoms with Crippen molar-refractivity contribution in [1.29, 1.82) is 0 Å². The third kappa shape index (κ3) is 6.82. The molecule has 1 N–H and O–H groups in total. The van der Waals surface area contributed by atoms with Crippen LogP contribution in [0.3, 0.4) is 0 Å². The molecule has 234 valence electrons. The highest BCUT2D eigenvalue weighted by atomic mass is 19.4. The third-order valence-electron chi connectivity index (χ3n) is 9.34. The monoisotopic (exact) mass is 603 g/mol. The van der Waals surface area contributed by atoms with Gasteiger partial charge >= 0.3 is 6.18 Å². The van der Waals surface area contributed by atoms with Gasteiger partial charge in [0.2, 0.25) is 0 Å². The Bertz CT molecular complexity index is 1250. The van der Waals surface area contributed by atoms with Crippen LogP contribution in [0.1, 0.15) is 71.8 Å². The smallest absolute Gasteiger partial charge is 0.379 e. The Morgan fingerprint density at radius 1 is 1.02 bits per heavy atom. The van der Waals surface area contributed by atoms with Gasteiger partial charge in [0.05, 0.1) is 37.1 Å². The van der Waals surface area contributed by atoms with Crippen LogP contribution in [0, 0.1) is 6.92 Å². The lowest BCUT2D eigenvalue weighted by atomic mass is 9.95. The SMILES string of the molecule is Cc1c(NC[C@H]2CCC[C@@H](c3ccc(C(F)(F)F)cc3)O2)ncnc1C(=O)N1CCC(N2CCO[C@H]3COCC[C@H]32)CC1. The lowest BCUT2D eigenvalue weighted by molar-refractivity contribution is -0.148. The van der Waals surface area contributed by atoms with Crippen LogP contribution in [-0.2, 0) is 20.4 Å². The summed E-state index contributed by atoms with van der Waals surface area (Å²) in [5.41, 5.74) is 1.18. The molecule has 1 aromatic carbocycles. The predicted molar refractivity (Wildman–Crippen MR) is 153 cm³/mol. The van der Waals surface area contributed by atoms with E-state index in [1.54, 1.807) is 0 Å². The van der Waals surface area contributed by atoms with Crippen molar-refractivity contribution in [1.82, 2.24) is 19.8 Å². The normalized spacial score (nSPS) is 27.5. The minimum Gasteiger partial charge on any atom is -0.379 e. The van der Waals surface area contributed by atoms with Crippen molar-refractivity contribution in [2.45, 2.75) is 82.0 Å². The van der Waals surface area contributed by atoms with Gasteiger partial charge in [-0.2, -0.15) is 13.2 Å². The number of carbonyl (C=O) groups excluding carboxylic acids is 1. The van der Waals surface area contributed by atoms with Gasteiger partial charge in [0.25, 0.3) is 5.91 Å². The topological polar surface area (TPSA) is 89.0 Å². The Morgan fingerprint density at radius 3 is 2.58 bits per heavy atom. The summed E-state index contributed by atoms with van der Waals surface area (Å²) >= 11 is 0. The van der Waals surface area contributed by atoms with Crippen molar-refractivity contribution in [3.8, 4) is 0 Å². The first kappa shape index (κ1) is 30.2. The van der Waals surface area contributed by atoms with Crippen LogP contribution in [-0.4, -0.2) is 96.0 Å². The number of amides is 1. The van der Waals surface area contributed by atoms with Gasteiger partial charge in [0.15, 0.2) is 0 Å². The van der Waals surface area contributed by atoms with E-state index < -0.39 is 11.7 Å². The van der Waals surface area contributed by atoms with Gasteiger partial charge in [-0.15, -0.1) is 0 Å². The van der Waals surface area contributed by atoms with E-state index in [0.717, 1.165) is 76.0 Å². The number of likely N-dealkylation sites (tertiary alicyclic amines) is 1. The summed E-state index contributed by atoms with van der Waals surface area (Å²) in [6.07, 6.45) is 2.12. The molecule has 2 aromatic rings. The molecule has 5 heterocycles. The third-order valence-corrected chi connectivity index (χ3v) is 9.34. The Hall–Kier alpha value is -2.80. The van der Waals surface area contributed by atoms with Gasteiger partial charge in [0.1, 0.15) is 17.8 Å². The highest BCUT2D eigenvalue weighted by molar-refractivity contribution is 5.94. The summed E-state index contributed by atoms with van der Waals surface area (Å²) in [6, 6.07) is 6.05. The number of aromatic nitrogens is 2. The van der Waals surface area contributed by atoms with Gasteiger partial charge in [-0.3, -0.25) is 9.69 Å². The van der Waals surface area contributed by atoms with Crippen LogP contribution in [0.4, 0.5) is 19.0 Å². The summed E-state index contributed by atoms with van der Waals surface area (Å²) in [7, 11) is 0. The number of nitrogens with one attached hydrogen (secondary N) is 1. The Balaban J connectivity index is 1.03. The number of rotatable bonds is 6. The quantitative estimate of drug-likeness (QED) is 0.512. The van der Waals surface area contributed by atoms with Crippen LogP contribution in [0.15, 0.2) is 30.6 Å². The molecule has 4 saturated heterocycles. The molecule has 4 atom stereocenters. The molecule has 1 amide bonds. The van der Waals surface area contributed by atoms with E-state index in [-0.39, 0.29) is 24.2 Å². The Morgan fingerprint density at radius 2 is 1.81 bits per heavy atom. The molecule has 4 aliphatic heterocycles. The minimum absolute atomic E-state index is 0.0800. The molecule has 1 aromatic heterocycles. The van der Waals surface area contributed by atoms with Crippen molar-refractivity contribution < 1.29 is 32.2 Å². The predicted octanol–water partition coefficient (Wildman–Crippen LogP) is 4.62. The molecule has 0 spiro atoms. The molecule has 4 fully saturated rings. The molecule has 0 radical (unpaired) electrons.